The summed E-state index contributed by atoms with van der Waals surface area (Å²) in [6.07, 6.45) is 7.45. The first kappa shape index (κ1) is 23.5. The summed E-state index contributed by atoms with van der Waals surface area (Å²) in [6.45, 7) is 2.07. The van der Waals surface area contributed by atoms with Gasteiger partial charge in [-0.1, -0.05) is 43.3 Å². The molecule has 0 unspecified atom stereocenters. The first-order valence-electron chi connectivity index (χ1n) is 11.7. The van der Waals surface area contributed by atoms with E-state index in [-0.39, 0.29) is 5.56 Å². The monoisotopic (exact) mass is 488 g/mol. The average Bonchev–Trinajstić information content (AvgIpc) is 3.56. The maximum atomic E-state index is 13.4. The zero-order chi connectivity index (χ0) is 25.9. The van der Waals surface area contributed by atoms with E-state index in [9.17, 15) is 4.79 Å². The molecule has 0 fully saturated rings. The fraction of sp³-hybridized carbons (Fsp3) is 0.107. The molecule has 0 atom stereocenters. The third-order valence-electron chi connectivity index (χ3n) is 6.14. The number of hydrogen-bond donors (Lipinski definition) is 2. The minimum atomic E-state index is 0.0139. The molecule has 182 valence electrons. The molecule has 6 rings (SSSR count). The molecule has 4 aromatic heterocycles. The van der Waals surface area contributed by atoms with E-state index >= 15 is 0 Å². The molecule has 0 amide bonds. The third kappa shape index (κ3) is 4.32. The van der Waals surface area contributed by atoms with Gasteiger partial charge in [0.15, 0.2) is 0 Å². The maximum absolute atomic E-state index is 13.4. The molecule has 0 radical (unpaired) electrons. The summed E-state index contributed by atoms with van der Waals surface area (Å²) in [5.74, 6) is 0.331. The molecule has 0 aliphatic carbocycles. The number of rotatable bonds is 3. The lowest BCUT2D eigenvalue weighted by atomic mass is 10.0. The van der Waals surface area contributed by atoms with Crippen molar-refractivity contribution in [2.45, 2.75) is 13.3 Å². The fourth-order valence-corrected chi connectivity index (χ4v) is 4.41. The summed E-state index contributed by atoms with van der Waals surface area (Å²) < 4.78 is 3.58. The molecule has 4 heterocycles. The Kier molecular flexibility index (Phi) is 6.22. The Morgan fingerprint density at radius 2 is 1.89 bits per heavy atom. The predicted octanol–water partition coefficient (Wildman–Crippen LogP) is 4.37. The summed E-state index contributed by atoms with van der Waals surface area (Å²) in [7, 11) is 1.88. The number of aromatic nitrogens is 6. The van der Waals surface area contributed by atoms with Crippen LogP contribution in [-0.2, 0) is 13.5 Å². The van der Waals surface area contributed by atoms with Crippen LogP contribution in [0.4, 0.5) is 5.82 Å². The topological polar surface area (TPSA) is 131 Å². The van der Waals surface area contributed by atoms with Gasteiger partial charge in [-0.2, -0.15) is 10.4 Å². The normalized spacial score (nSPS) is 10.7. The quantitative estimate of drug-likeness (QED) is 0.380. The molecule has 37 heavy (non-hydrogen) atoms. The molecule has 6 aromatic rings. The second-order valence-corrected chi connectivity index (χ2v) is 8.43. The number of H-pyrrole nitrogens is 1. The Hall–Kier alpha value is -5.23. The Morgan fingerprint density at radius 1 is 1.08 bits per heavy atom. The number of para-hydroxylation sites is 1. The number of aryl methyl sites for hydroxylation is 2. The predicted molar refractivity (Wildman–Crippen MR) is 144 cm³/mol. The van der Waals surface area contributed by atoms with Gasteiger partial charge in [0.2, 0.25) is 0 Å². The number of nitrogen functional groups attached to an aromatic ring is 1. The average molecular weight is 489 g/mol. The molecule has 0 spiro atoms. The van der Waals surface area contributed by atoms with Crippen molar-refractivity contribution in [3.63, 3.8) is 0 Å². The fourth-order valence-electron chi connectivity index (χ4n) is 4.41. The first-order valence-corrected chi connectivity index (χ1v) is 11.7. The number of aromatic amines is 1. The summed E-state index contributed by atoms with van der Waals surface area (Å²) in [6, 6.07) is 19.9. The van der Waals surface area contributed by atoms with Crippen molar-refractivity contribution in [1.82, 2.24) is 29.3 Å². The molecule has 0 bridgehead atoms. The zero-order valence-electron chi connectivity index (χ0n) is 20.4. The van der Waals surface area contributed by atoms with Crippen LogP contribution in [0.3, 0.4) is 0 Å². The lowest BCUT2D eigenvalue weighted by Crippen LogP contribution is -2.22. The van der Waals surface area contributed by atoms with E-state index < -0.39 is 0 Å². The minimum Gasteiger partial charge on any atom is -0.383 e. The number of hydrogen-bond acceptors (Lipinski definition) is 6. The SMILES string of the molecule is CCc1cc2cccc(-c3cnn(C)c3)c2c(=O)n1-c1ccccc1.N#Cc1c[nH]c2ncnc(N)c12. The number of benzene rings is 2. The van der Waals surface area contributed by atoms with Gasteiger partial charge in [0.1, 0.15) is 23.9 Å². The second kappa shape index (κ2) is 9.79. The van der Waals surface area contributed by atoms with Crippen LogP contribution in [0, 0.1) is 11.3 Å². The van der Waals surface area contributed by atoms with E-state index in [2.05, 4.69) is 33.0 Å². The largest absolute Gasteiger partial charge is 0.383 e. The lowest BCUT2D eigenvalue weighted by Gasteiger charge is -2.15. The Morgan fingerprint density at radius 3 is 2.59 bits per heavy atom. The van der Waals surface area contributed by atoms with Crippen LogP contribution in [0.1, 0.15) is 18.2 Å². The van der Waals surface area contributed by atoms with Gasteiger partial charge in [-0.05, 0) is 35.6 Å². The summed E-state index contributed by atoms with van der Waals surface area (Å²) in [4.78, 5) is 24.0. The molecule has 0 aliphatic heterocycles. The van der Waals surface area contributed by atoms with Gasteiger partial charge in [0, 0.05) is 36.4 Å². The number of nitriles is 1. The summed E-state index contributed by atoms with van der Waals surface area (Å²) >= 11 is 0. The highest BCUT2D eigenvalue weighted by molar-refractivity contribution is 5.96. The van der Waals surface area contributed by atoms with Gasteiger partial charge in [-0.25, -0.2) is 9.97 Å². The smallest absolute Gasteiger partial charge is 0.263 e. The van der Waals surface area contributed by atoms with Crippen molar-refractivity contribution >= 4 is 27.6 Å². The van der Waals surface area contributed by atoms with Gasteiger partial charge >= 0.3 is 0 Å². The van der Waals surface area contributed by atoms with Crippen LogP contribution in [0.2, 0.25) is 0 Å². The van der Waals surface area contributed by atoms with Gasteiger partial charge in [0.05, 0.1) is 22.5 Å². The van der Waals surface area contributed by atoms with E-state index in [1.807, 2.05) is 72.4 Å². The van der Waals surface area contributed by atoms with Gasteiger partial charge in [-0.15, -0.1) is 0 Å². The van der Waals surface area contributed by atoms with Crippen LogP contribution in [0.5, 0.6) is 0 Å². The molecule has 3 N–H and O–H groups in total. The number of nitrogens with one attached hydrogen (secondary N) is 1. The minimum absolute atomic E-state index is 0.0139. The van der Waals surface area contributed by atoms with E-state index in [0.29, 0.717) is 22.4 Å². The standard InChI is InChI=1S/C21H19N3O.C7H5N5/c1-3-17-12-15-8-7-11-19(16-13-22-23(2)14-16)20(15)21(25)24(17)18-9-5-4-6-10-18;8-1-4-2-10-7-5(4)6(9)11-3-12-7/h4-14H,3H2,1-2H3;2-3H,(H3,9,10,11,12). The third-order valence-corrected chi connectivity index (χ3v) is 6.14. The lowest BCUT2D eigenvalue weighted by molar-refractivity contribution is 0.768. The van der Waals surface area contributed by atoms with Crippen molar-refractivity contribution < 1.29 is 0 Å². The van der Waals surface area contributed by atoms with E-state index in [1.54, 1.807) is 17.1 Å². The van der Waals surface area contributed by atoms with Crippen LogP contribution >= 0.6 is 0 Å². The van der Waals surface area contributed by atoms with Gasteiger partial charge < -0.3 is 10.7 Å². The highest BCUT2D eigenvalue weighted by Crippen LogP contribution is 2.27. The zero-order valence-corrected chi connectivity index (χ0v) is 20.4. The van der Waals surface area contributed by atoms with E-state index in [0.717, 1.165) is 39.7 Å². The molecular weight excluding hydrogens is 464 g/mol. The molecule has 9 heteroatoms. The van der Waals surface area contributed by atoms with Crippen molar-refractivity contribution in [3.8, 4) is 22.9 Å². The highest BCUT2D eigenvalue weighted by atomic mass is 16.1. The first-order chi connectivity index (χ1) is 18.0. The van der Waals surface area contributed by atoms with Gasteiger partial charge in [-0.3, -0.25) is 14.0 Å². The molecule has 0 saturated heterocycles. The van der Waals surface area contributed by atoms with Crippen molar-refractivity contribution in [2.75, 3.05) is 5.73 Å². The van der Waals surface area contributed by atoms with Crippen LogP contribution in [0.15, 0.2) is 84.3 Å². The van der Waals surface area contributed by atoms with Crippen LogP contribution < -0.4 is 11.3 Å². The number of anilines is 1. The number of fused-ring (bicyclic) bond motifs is 2. The molecule has 0 saturated carbocycles. The van der Waals surface area contributed by atoms with E-state index in [4.69, 9.17) is 11.0 Å². The Labute approximate surface area is 212 Å². The van der Waals surface area contributed by atoms with Crippen LogP contribution in [0.25, 0.3) is 38.6 Å². The second-order valence-electron chi connectivity index (χ2n) is 8.43. The van der Waals surface area contributed by atoms with Crippen molar-refractivity contribution in [2.24, 2.45) is 7.05 Å². The summed E-state index contributed by atoms with van der Waals surface area (Å²) in [5, 5.41) is 15.2. The number of pyridine rings is 1. The maximum Gasteiger partial charge on any atom is 0.263 e. The van der Waals surface area contributed by atoms with Crippen molar-refractivity contribution in [1.29, 1.82) is 5.26 Å². The molecule has 0 aliphatic rings. The van der Waals surface area contributed by atoms with Gasteiger partial charge in [0.25, 0.3) is 5.56 Å². The van der Waals surface area contributed by atoms with Crippen LogP contribution in [-0.4, -0.2) is 29.3 Å². The number of nitrogens with zero attached hydrogens (tertiary/aromatic N) is 6. The number of nitrogens with two attached hydrogens (primary N) is 1. The van der Waals surface area contributed by atoms with E-state index in [1.165, 1.54) is 6.33 Å². The molecular formula is C28H24N8O. The van der Waals surface area contributed by atoms with Crippen molar-refractivity contribution in [3.05, 3.63) is 101 Å². The highest BCUT2D eigenvalue weighted by Gasteiger charge is 2.14. The summed E-state index contributed by atoms with van der Waals surface area (Å²) in [5.41, 5.74) is 10.4. The Bertz CT molecular complexity index is 1820. The molecule has 2 aromatic carbocycles. The molecule has 9 nitrogen and oxygen atoms in total. The Balaban J connectivity index is 0.000000195.